The highest BCUT2D eigenvalue weighted by atomic mass is 16.6. The summed E-state index contributed by atoms with van der Waals surface area (Å²) >= 11 is 0. The van der Waals surface area contributed by atoms with E-state index in [2.05, 4.69) is 33.2 Å². The highest BCUT2D eigenvalue weighted by Crippen LogP contribution is 2.64. The quantitative estimate of drug-likeness (QED) is 0.0323. The maximum absolute atomic E-state index is 15.5. The maximum atomic E-state index is 15.5. The lowest BCUT2D eigenvalue weighted by molar-refractivity contribution is -0.350. The first-order chi connectivity index (χ1) is 42.1. The highest BCUT2D eigenvalue weighted by molar-refractivity contribution is 6.40. The molecule has 14 atom stereocenters. The van der Waals surface area contributed by atoms with Gasteiger partial charge in [-0.3, -0.25) is 38.4 Å². The molecule has 3 aliphatic carbocycles. The molecule has 90 heavy (non-hydrogen) atoms. The summed E-state index contributed by atoms with van der Waals surface area (Å²) in [4.78, 5) is 156. The van der Waals surface area contributed by atoms with Crippen LogP contribution in [-0.2, 0) is 78.0 Å². The molecule has 1 aliphatic heterocycles. The minimum Gasteiger partial charge on any atom is -0.459 e. The Labute approximate surface area is 522 Å². The predicted molar refractivity (Wildman–Crippen MR) is 321 cm³/mol. The van der Waals surface area contributed by atoms with E-state index in [0.717, 1.165) is 6.92 Å². The molecule has 1 saturated heterocycles. The Morgan fingerprint density at radius 1 is 0.789 bits per heavy atom. The van der Waals surface area contributed by atoms with E-state index in [9.17, 15) is 48.6 Å². The van der Waals surface area contributed by atoms with E-state index in [1.807, 2.05) is 0 Å². The molecule has 0 aromatic heterocycles. The first-order valence-electron chi connectivity index (χ1n) is 30.0. The summed E-state index contributed by atoms with van der Waals surface area (Å²) in [6, 6.07) is 19.8. The number of hydrogen-bond acceptors (Lipinski definition) is 19. The van der Waals surface area contributed by atoms with Crippen LogP contribution in [0.3, 0.4) is 0 Å². The number of ether oxygens (including phenoxy) is 6. The van der Waals surface area contributed by atoms with Gasteiger partial charge in [0, 0.05) is 49.0 Å². The third-order valence-corrected chi connectivity index (χ3v) is 17.6. The number of esters is 4. The number of carbonyl (C=O) groups is 11. The number of aliphatic hydroxyl groups is 2. The van der Waals surface area contributed by atoms with Crippen molar-refractivity contribution in [3.8, 4) is 0 Å². The smallest absolute Gasteiger partial charge is 0.408 e. The molecule has 7 N–H and O–H groups in total. The first-order valence-corrected chi connectivity index (χ1v) is 30.0. The van der Waals surface area contributed by atoms with Crippen molar-refractivity contribution in [2.45, 2.75) is 167 Å². The van der Waals surface area contributed by atoms with E-state index in [1.165, 1.54) is 58.9 Å². The summed E-state index contributed by atoms with van der Waals surface area (Å²) in [6.07, 6.45) is -10.7. The molecule has 4 fully saturated rings. The van der Waals surface area contributed by atoms with E-state index < -0.39 is 185 Å². The van der Waals surface area contributed by atoms with Crippen LogP contribution in [0.25, 0.3) is 0 Å². The monoisotopic (exact) mass is 1250 g/mol. The highest BCUT2D eigenvalue weighted by Gasteiger charge is 2.79. The summed E-state index contributed by atoms with van der Waals surface area (Å²) in [5, 5.41) is 38.8. The third-order valence-electron chi connectivity index (χ3n) is 17.6. The Balaban J connectivity index is 1.24. The molecular weight excluding hydrogens is 1170 g/mol. The lowest BCUT2D eigenvalue weighted by atomic mass is 9.42. The number of nitrogens with one attached hydrogen (secondary N) is 5. The van der Waals surface area contributed by atoms with Crippen molar-refractivity contribution in [3.63, 3.8) is 0 Å². The summed E-state index contributed by atoms with van der Waals surface area (Å²) in [5.74, 6) is -14.5. The van der Waals surface area contributed by atoms with Crippen molar-refractivity contribution in [1.29, 1.82) is 0 Å². The zero-order valence-electron chi connectivity index (χ0n) is 52.6. The number of carbonyl (C=O) groups excluding carboxylic acids is 11. The maximum Gasteiger partial charge on any atom is 0.408 e. The van der Waals surface area contributed by atoms with E-state index in [-0.39, 0.29) is 41.9 Å². The van der Waals surface area contributed by atoms with Gasteiger partial charge in [0.2, 0.25) is 41.3 Å². The van der Waals surface area contributed by atoms with Gasteiger partial charge in [-0.25, -0.2) is 14.4 Å². The number of hydrogen-bond donors (Lipinski definition) is 7. The Morgan fingerprint density at radius 2 is 1.40 bits per heavy atom. The van der Waals surface area contributed by atoms with Crippen molar-refractivity contribution in [3.05, 3.63) is 120 Å². The number of benzene rings is 3. The lowest BCUT2D eigenvalue weighted by Crippen LogP contribution is -2.82. The molecule has 5 unspecified atom stereocenters. The van der Waals surface area contributed by atoms with Gasteiger partial charge in [0.1, 0.15) is 54.2 Å². The number of ketones is 2. The van der Waals surface area contributed by atoms with Gasteiger partial charge in [0.25, 0.3) is 0 Å². The van der Waals surface area contributed by atoms with Gasteiger partial charge >= 0.3 is 30.0 Å². The molecule has 3 saturated carbocycles. The van der Waals surface area contributed by atoms with Crippen LogP contribution in [0.2, 0.25) is 0 Å². The van der Waals surface area contributed by atoms with Crippen LogP contribution in [0, 0.1) is 34.5 Å². The topological polar surface area (TPSA) is 344 Å². The minimum atomic E-state index is -2.55. The largest absolute Gasteiger partial charge is 0.459 e. The number of Topliss-reactive ketones (excluding diaryl/α,β-unsaturated/α-hetero) is 2. The van der Waals surface area contributed by atoms with Gasteiger partial charge in [0.15, 0.2) is 5.60 Å². The molecule has 1 heterocycles. The summed E-state index contributed by atoms with van der Waals surface area (Å²) in [6.45, 7) is 18.3. The second kappa shape index (κ2) is 27.8. The molecule has 5 amide bonds. The summed E-state index contributed by atoms with van der Waals surface area (Å²) in [7, 11) is 0. The number of aliphatic hydroxyl groups excluding tert-OH is 1. The number of rotatable bonds is 22. The third kappa shape index (κ3) is 14.9. The Hall–Kier alpha value is -8.35. The van der Waals surface area contributed by atoms with Crippen LogP contribution >= 0.6 is 0 Å². The second-order valence-corrected chi connectivity index (χ2v) is 26.0. The van der Waals surface area contributed by atoms with Gasteiger partial charge in [-0.1, -0.05) is 120 Å². The average molecular weight is 1250 g/mol. The van der Waals surface area contributed by atoms with E-state index >= 15 is 14.4 Å². The van der Waals surface area contributed by atoms with Crippen molar-refractivity contribution < 1.29 is 91.4 Å². The SMILES string of the molecule is C=C(C)C(=O)NCC(=O)NC(Cc1ccccc1)C(=O)NC(CC(C)C)C(=O)NCC(=O)O[C@@H](C(=O)O[C@H]1C[C@@]2(O)[C@@H](OC(=O)c3ccccc3)[C@H]3[C@](C)(C(=O)C(=O)C(C1C)C2(C)C)[C@@H](O)CC1OC[C@]13OC(C)=O)[C@@H](NC(=O)OC(C)(C)C)c1ccccc1. The fourth-order valence-electron chi connectivity index (χ4n) is 13.0. The molecule has 2 bridgehead atoms. The van der Waals surface area contributed by atoms with Gasteiger partial charge < -0.3 is 65.2 Å². The van der Waals surface area contributed by atoms with Gasteiger partial charge in [-0.05, 0) is 70.2 Å². The molecule has 3 aromatic rings. The van der Waals surface area contributed by atoms with E-state index in [1.54, 1.807) is 101 Å². The fourth-order valence-corrected chi connectivity index (χ4v) is 13.0. The normalized spacial score (nSPS) is 27.0. The Kier molecular flexibility index (Phi) is 21.4. The second-order valence-electron chi connectivity index (χ2n) is 26.0. The summed E-state index contributed by atoms with van der Waals surface area (Å²) in [5.41, 5.74) is -8.58. The van der Waals surface area contributed by atoms with E-state index in [0.29, 0.717) is 5.56 Å². The fraction of sp³-hybridized carbons (Fsp3) is 0.530. The number of amides is 5. The molecule has 0 spiro atoms. The molecule has 24 heteroatoms. The van der Waals surface area contributed by atoms with Crippen molar-refractivity contribution in [2.24, 2.45) is 34.5 Å². The molecule has 7 rings (SSSR count). The Morgan fingerprint density at radius 3 is 1.97 bits per heavy atom. The first kappa shape index (κ1) is 69.1. The number of alkyl carbamates (subject to hydrolysis) is 1. The summed E-state index contributed by atoms with van der Waals surface area (Å²) < 4.78 is 36.3. The molecule has 24 nitrogen and oxygen atoms in total. The van der Waals surface area contributed by atoms with Crippen LogP contribution in [-0.4, -0.2) is 154 Å². The van der Waals surface area contributed by atoms with Crippen molar-refractivity contribution >= 4 is 65.2 Å². The van der Waals surface area contributed by atoms with E-state index in [4.69, 9.17) is 28.4 Å². The van der Waals surface area contributed by atoms with Gasteiger partial charge in [-0.2, -0.15) is 0 Å². The van der Waals surface area contributed by atoms with Crippen LogP contribution < -0.4 is 26.6 Å². The van der Waals surface area contributed by atoms with Crippen LogP contribution in [0.1, 0.15) is 123 Å². The van der Waals surface area contributed by atoms with Crippen LogP contribution in [0.15, 0.2) is 103 Å². The standard InChI is InChI=1S/C66H83N5O19/c1-35(2)28-42(70-58(80)43(29-39-22-16-13-17-23-39)69-47(74)32-67-56(78)36(3)4)57(79)68-33-48(75)87-52(50(40-24-18-14-19-25-40)71-61(83)90-62(7,8)9)60(82)86-44-31-66(84)55(88-59(81)41-26-20-15-21-27-41)53-64(12,54(77)51(76)49(37(44)5)63(66,10)11)45(73)30-46-65(53,34-85-46)89-38(6)72/h13-27,35,37,42-46,49-50,52-53,55,73,84H,3,28-34H2,1-2,4-12H3,(H,67,78)(H,68,79)(H,69,74)(H,70,80)(H,71,83)/t37?,42?,43?,44-,45-,46?,49?,50-,52+,53-,55-,64+,65-,66+/m0/s1. The average Bonchev–Trinajstić information content (AvgIpc) is 0.674. The predicted octanol–water partition coefficient (Wildman–Crippen LogP) is 4.02. The lowest BCUT2D eigenvalue weighted by Gasteiger charge is -2.67. The Bertz CT molecular complexity index is 3220. The number of fused-ring (bicyclic) bond motifs is 5. The molecule has 486 valence electrons. The zero-order valence-corrected chi connectivity index (χ0v) is 52.6. The van der Waals surface area contributed by atoms with Crippen LogP contribution in [0.4, 0.5) is 4.79 Å². The van der Waals surface area contributed by atoms with Crippen LogP contribution in [0.5, 0.6) is 0 Å². The molecule has 3 aromatic carbocycles. The van der Waals surface area contributed by atoms with Crippen molar-refractivity contribution in [1.82, 2.24) is 26.6 Å². The molecule has 0 radical (unpaired) electrons. The van der Waals surface area contributed by atoms with Gasteiger partial charge in [0.05, 0.1) is 36.2 Å². The molecule has 4 aliphatic rings. The van der Waals surface area contributed by atoms with Gasteiger partial charge in [-0.15, -0.1) is 0 Å². The van der Waals surface area contributed by atoms with Crippen molar-refractivity contribution in [2.75, 3.05) is 19.7 Å². The zero-order chi connectivity index (χ0) is 66.4. The minimum absolute atomic E-state index is 0.00413. The molecular formula is C66H83N5O19.